The molecular weight excluding hydrogens is 354 g/mol. The second-order valence-corrected chi connectivity index (χ2v) is 8.30. The molecule has 3 aromatic carbocycles. The Hall–Kier alpha value is -2.71. The van der Waals surface area contributed by atoms with Crippen molar-refractivity contribution in [2.75, 3.05) is 14.1 Å². The van der Waals surface area contributed by atoms with Gasteiger partial charge in [0.15, 0.2) is 5.78 Å². The number of hydrogen-bond donors (Lipinski definition) is 0. The molecule has 0 saturated heterocycles. The molecule has 29 heavy (non-hydrogen) atoms. The van der Waals surface area contributed by atoms with Gasteiger partial charge in [-0.25, -0.2) is 0 Å². The van der Waals surface area contributed by atoms with Crippen LogP contribution in [0.5, 0.6) is 0 Å². The molecule has 0 aliphatic carbocycles. The molecule has 0 fully saturated rings. The van der Waals surface area contributed by atoms with E-state index in [2.05, 4.69) is 62.3 Å². The van der Waals surface area contributed by atoms with Crippen LogP contribution in [-0.4, -0.2) is 30.8 Å². The third-order valence-electron chi connectivity index (χ3n) is 6.04. The van der Waals surface area contributed by atoms with Gasteiger partial charge >= 0.3 is 0 Å². The van der Waals surface area contributed by atoms with Crippen molar-refractivity contribution >= 4 is 5.78 Å². The highest BCUT2D eigenvalue weighted by molar-refractivity contribution is 6.07. The summed E-state index contributed by atoms with van der Waals surface area (Å²) in [6, 6.07) is 26.9. The maximum atomic E-state index is 14.4. The number of Topliss-reactive ketones (excluding diaryl/α,β-unsaturated/α-hetero) is 1. The van der Waals surface area contributed by atoms with Gasteiger partial charge in [0.05, 0.1) is 5.41 Å². The molecule has 2 heteroatoms. The number of hydrogen-bond acceptors (Lipinski definition) is 2. The maximum Gasteiger partial charge on any atom is 0.178 e. The van der Waals surface area contributed by atoms with E-state index in [1.807, 2.05) is 56.3 Å². The van der Waals surface area contributed by atoms with Gasteiger partial charge in [-0.2, -0.15) is 0 Å². The average Bonchev–Trinajstić information content (AvgIpc) is 2.74. The number of rotatable bonds is 7. The topological polar surface area (TPSA) is 20.3 Å². The van der Waals surface area contributed by atoms with Crippen molar-refractivity contribution in [3.05, 3.63) is 107 Å². The van der Waals surface area contributed by atoms with E-state index in [0.717, 1.165) is 27.8 Å². The van der Waals surface area contributed by atoms with E-state index >= 15 is 0 Å². The van der Waals surface area contributed by atoms with Crippen LogP contribution in [0.25, 0.3) is 0 Å². The molecule has 0 N–H and O–H groups in total. The van der Waals surface area contributed by atoms with Crippen molar-refractivity contribution < 1.29 is 4.79 Å². The van der Waals surface area contributed by atoms with Crippen LogP contribution in [0.3, 0.4) is 0 Å². The van der Waals surface area contributed by atoms with Gasteiger partial charge in [-0.05, 0) is 64.0 Å². The Bertz CT molecular complexity index is 921. The summed E-state index contributed by atoms with van der Waals surface area (Å²) in [6.45, 7) is 6.27. The summed E-state index contributed by atoms with van der Waals surface area (Å²) in [4.78, 5) is 16.6. The number of carbonyl (C=O) groups excluding carboxylic acids is 1. The van der Waals surface area contributed by atoms with Crippen molar-refractivity contribution in [1.82, 2.24) is 4.90 Å². The molecule has 3 rings (SSSR count). The highest BCUT2D eigenvalue weighted by Gasteiger charge is 2.44. The molecule has 150 valence electrons. The Labute approximate surface area is 175 Å². The lowest BCUT2D eigenvalue weighted by Crippen LogP contribution is -2.43. The summed E-state index contributed by atoms with van der Waals surface area (Å²) >= 11 is 0. The Morgan fingerprint density at radius 1 is 0.862 bits per heavy atom. The Kier molecular flexibility index (Phi) is 6.34. The number of aryl methyl sites for hydroxylation is 2. The van der Waals surface area contributed by atoms with Gasteiger partial charge < -0.3 is 4.90 Å². The standard InChI is InChI=1S/C27H31NO/c1-20-16-17-21(2)25(18-20)26(29)27(19-22(3)28(4)5,23-12-8-6-9-13-23)24-14-10-7-11-15-24/h6-18,22H,19H2,1-5H3/t22-/m0/s1. The summed E-state index contributed by atoms with van der Waals surface area (Å²) in [7, 11) is 4.15. The van der Waals surface area contributed by atoms with Gasteiger partial charge in [0.25, 0.3) is 0 Å². The minimum absolute atomic E-state index is 0.171. The molecule has 0 bridgehead atoms. The molecule has 0 aromatic heterocycles. The molecule has 0 spiro atoms. The number of benzene rings is 3. The quantitative estimate of drug-likeness (QED) is 0.478. The van der Waals surface area contributed by atoms with Crippen LogP contribution in [0.2, 0.25) is 0 Å². The molecule has 0 unspecified atom stereocenters. The van der Waals surface area contributed by atoms with Gasteiger partial charge in [-0.3, -0.25) is 4.79 Å². The average molecular weight is 386 g/mol. The first-order valence-corrected chi connectivity index (χ1v) is 10.3. The molecule has 0 amide bonds. The van der Waals surface area contributed by atoms with Gasteiger partial charge in [-0.1, -0.05) is 78.4 Å². The van der Waals surface area contributed by atoms with Gasteiger partial charge in [0.1, 0.15) is 0 Å². The van der Waals surface area contributed by atoms with Crippen LogP contribution in [0.15, 0.2) is 78.9 Å². The SMILES string of the molecule is Cc1ccc(C)c(C(=O)C(C[C@H](C)N(C)C)(c2ccccc2)c2ccccc2)c1. The number of ketones is 1. The van der Waals surface area contributed by atoms with E-state index in [4.69, 9.17) is 0 Å². The Morgan fingerprint density at radius 3 is 1.86 bits per heavy atom. The normalized spacial score (nSPS) is 12.8. The van der Waals surface area contributed by atoms with E-state index in [1.165, 1.54) is 0 Å². The fourth-order valence-electron chi connectivity index (χ4n) is 4.04. The Balaban J connectivity index is 2.32. The minimum atomic E-state index is -0.745. The zero-order valence-corrected chi connectivity index (χ0v) is 18.1. The van der Waals surface area contributed by atoms with E-state index in [-0.39, 0.29) is 11.8 Å². The zero-order chi connectivity index (χ0) is 21.0. The molecule has 0 aliphatic rings. The fraction of sp³-hybridized carbons (Fsp3) is 0.296. The van der Waals surface area contributed by atoms with Crippen LogP contribution in [0.4, 0.5) is 0 Å². The first-order chi connectivity index (χ1) is 13.9. The van der Waals surface area contributed by atoms with Crippen LogP contribution in [0, 0.1) is 13.8 Å². The molecule has 0 heterocycles. The molecular formula is C27H31NO. The van der Waals surface area contributed by atoms with E-state index in [0.29, 0.717) is 6.42 Å². The third kappa shape index (κ3) is 4.18. The minimum Gasteiger partial charge on any atom is -0.307 e. The van der Waals surface area contributed by atoms with Crippen molar-refractivity contribution in [3.63, 3.8) is 0 Å². The van der Waals surface area contributed by atoms with Crippen LogP contribution >= 0.6 is 0 Å². The number of nitrogens with zero attached hydrogens (tertiary/aromatic N) is 1. The summed E-state index contributed by atoms with van der Waals surface area (Å²) in [6.07, 6.45) is 0.709. The predicted molar refractivity (Wildman–Crippen MR) is 122 cm³/mol. The molecule has 0 aliphatic heterocycles. The summed E-state index contributed by atoms with van der Waals surface area (Å²) in [5.74, 6) is 0.171. The van der Waals surface area contributed by atoms with Crippen LogP contribution in [0.1, 0.15) is 46.0 Å². The van der Waals surface area contributed by atoms with Crippen LogP contribution < -0.4 is 0 Å². The van der Waals surface area contributed by atoms with Crippen molar-refractivity contribution in [2.24, 2.45) is 0 Å². The van der Waals surface area contributed by atoms with Gasteiger partial charge in [0.2, 0.25) is 0 Å². The lowest BCUT2D eigenvalue weighted by Gasteiger charge is -2.38. The largest absolute Gasteiger partial charge is 0.307 e. The zero-order valence-electron chi connectivity index (χ0n) is 18.1. The van der Waals surface area contributed by atoms with E-state index in [1.54, 1.807) is 0 Å². The smallest absolute Gasteiger partial charge is 0.178 e. The summed E-state index contributed by atoms with van der Waals surface area (Å²) in [5, 5.41) is 0. The van der Waals surface area contributed by atoms with E-state index < -0.39 is 5.41 Å². The molecule has 3 aromatic rings. The maximum absolute atomic E-state index is 14.4. The first kappa shape index (κ1) is 21.0. The first-order valence-electron chi connectivity index (χ1n) is 10.3. The molecule has 1 atom stereocenters. The molecule has 0 saturated carbocycles. The molecule has 2 nitrogen and oxygen atoms in total. The fourth-order valence-corrected chi connectivity index (χ4v) is 4.04. The van der Waals surface area contributed by atoms with Crippen molar-refractivity contribution in [3.8, 4) is 0 Å². The van der Waals surface area contributed by atoms with Gasteiger partial charge in [0, 0.05) is 11.6 Å². The second kappa shape index (κ2) is 8.75. The highest BCUT2D eigenvalue weighted by atomic mass is 16.1. The monoisotopic (exact) mass is 385 g/mol. The Morgan fingerprint density at radius 2 is 1.38 bits per heavy atom. The lowest BCUT2D eigenvalue weighted by atomic mass is 9.65. The third-order valence-corrected chi connectivity index (χ3v) is 6.04. The van der Waals surface area contributed by atoms with Crippen LogP contribution in [-0.2, 0) is 5.41 Å². The van der Waals surface area contributed by atoms with Crippen molar-refractivity contribution in [2.45, 2.75) is 38.6 Å². The number of carbonyl (C=O) groups is 1. The highest BCUT2D eigenvalue weighted by Crippen LogP contribution is 2.41. The second-order valence-electron chi connectivity index (χ2n) is 8.30. The summed E-state index contributed by atoms with van der Waals surface area (Å²) in [5.41, 5.74) is 4.29. The van der Waals surface area contributed by atoms with Crippen molar-refractivity contribution in [1.29, 1.82) is 0 Å². The van der Waals surface area contributed by atoms with Gasteiger partial charge in [-0.15, -0.1) is 0 Å². The molecule has 0 radical (unpaired) electrons. The predicted octanol–water partition coefficient (Wildman–Crippen LogP) is 5.81. The lowest BCUT2D eigenvalue weighted by molar-refractivity contribution is 0.0881. The van der Waals surface area contributed by atoms with E-state index in [9.17, 15) is 4.79 Å². The summed E-state index contributed by atoms with van der Waals surface area (Å²) < 4.78 is 0.